The molecule has 7 nitrogen and oxygen atoms in total. The molecule has 134 valence electrons. The zero-order chi connectivity index (χ0) is 18.1. The summed E-state index contributed by atoms with van der Waals surface area (Å²) in [6.45, 7) is 3.37. The van der Waals surface area contributed by atoms with Crippen LogP contribution in [0.15, 0.2) is 18.2 Å². The van der Waals surface area contributed by atoms with Crippen LogP contribution in [0.4, 0.5) is 10.5 Å². The van der Waals surface area contributed by atoms with Gasteiger partial charge in [0.15, 0.2) is 0 Å². The summed E-state index contributed by atoms with van der Waals surface area (Å²) in [6, 6.07) is 3.61. The molecule has 8 heteroatoms. The van der Waals surface area contributed by atoms with E-state index < -0.39 is 12.0 Å². The molecule has 1 aromatic rings. The third-order valence-electron chi connectivity index (χ3n) is 4.75. The van der Waals surface area contributed by atoms with Gasteiger partial charge in [0.05, 0.1) is 10.7 Å². The van der Waals surface area contributed by atoms with E-state index in [0.717, 1.165) is 6.42 Å². The molecular weight excluding hydrogens is 346 g/mol. The Morgan fingerprint density at radius 2 is 2.08 bits per heavy atom. The number of piperidine rings is 1. The summed E-state index contributed by atoms with van der Waals surface area (Å²) >= 11 is 6.19. The molecule has 2 saturated heterocycles. The van der Waals surface area contributed by atoms with Crippen molar-refractivity contribution >= 4 is 35.2 Å². The van der Waals surface area contributed by atoms with Gasteiger partial charge in [0.1, 0.15) is 6.04 Å². The monoisotopic (exact) mass is 365 g/mol. The highest BCUT2D eigenvalue weighted by Gasteiger charge is 2.35. The number of urea groups is 1. The molecular formula is C17H20ClN3O4. The number of carboxylic acid groups (broad SMARTS) is 1. The Labute approximate surface area is 150 Å². The lowest BCUT2D eigenvalue weighted by atomic mass is 9.92. The molecule has 2 unspecified atom stereocenters. The van der Waals surface area contributed by atoms with E-state index in [9.17, 15) is 19.5 Å². The molecule has 0 bridgehead atoms. The first-order valence-corrected chi connectivity index (χ1v) is 8.65. The number of amides is 3. The second-order valence-electron chi connectivity index (χ2n) is 6.53. The lowest BCUT2D eigenvalue weighted by Gasteiger charge is -2.36. The Balaban J connectivity index is 1.89. The molecule has 25 heavy (non-hydrogen) atoms. The minimum Gasteiger partial charge on any atom is -0.480 e. The summed E-state index contributed by atoms with van der Waals surface area (Å²) in [5.74, 6) is -1.08. The van der Waals surface area contributed by atoms with Crippen LogP contribution in [0, 0.1) is 5.92 Å². The fourth-order valence-electron chi connectivity index (χ4n) is 3.34. The topological polar surface area (TPSA) is 90.0 Å². The van der Waals surface area contributed by atoms with Gasteiger partial charge in [-0.05, 0) is 37.0 Å². The van der Waals surface area contributed by atoms with Gasteiger partial charge in [-0.2, -0.15) is 0 Å². The fourth-order valence-corrected chi connectivity index (χ4v) is 3.56. The molecule has 1 aromatic carbocycles. The van der Waals surface area contributed by atoms with E-state index in [4.69, 9.17) is 11.6 Å². The number of hydrogen-bond donors (Lipinski definition) is 2. The van der Waals surface area contributed by atoms with Gasteiger partial charge < -0.3 is 15.3 Å². The molecule has 2 fully saturated rings. The van der Waals surface area contributed by atoms with Gasteiger partial charge in [-0.3, -0.25) is 9.69 Å². The standard InChI is InChI=1S/C17H20ClN3O4/c1-10-4-6-20(14(8-10)16(23)24)15(22)11-2-3-12(18)13(9-11)21-7-5-19-17(21)25/h2-3,9-10,14H,4-8H2,1H3,(H,19,25)(H,23,24). The molecule has 0 radical (unpaired) electrons. The van der Waals surface area contributed by atoms with E-state index in [1.807, 2.05) is 6.92 Å². The minimum absolute atomic E-state index is 0.262. The summed E-state index contributed by atoms with van der Waals surface area (Å²) in [7, 11) is 0. The van der Waals surface area contributed by atoms with Crippen LogP contribution in [0.1, 0.15) is 30.1 Å². The molecule has 2 atom stereocenters. The first-order valence-electron chi connectivity index (χ1n) is 8.27. The van der Waals surface area contributed by atoms with E-state index in [-0.39, 0.29) is 17.9 Å². The molecule has 3 amide bonds. The molecule has 0 saturated carbocycles. The average Bonchev–Trinajstić information content (AvgIpc) is 3.00. The van der Waals surface area contributed by atoms with Crippen LogP contribution >= 0.6 is 11.6 Å². The molecule has 0 aromatic heterocycles. The summed E-state index contributed by atoms with van der Waals surface area (Å²) in [6.07, 6.45) is 1.21. The Morgan fingerprint density at radius 1 is 1.32 bits per heavy atom. The van der Waals surface area contributed by atoms with Crippen LogP contribution in [-0.4, -0.2) is 53.6 Å². The largest absolute Gasteiger partial charge is 0.480 e. The van der Waals surface area contributed by atoms with Gasteiger partial charge >= 0.3 is 12.0 Å². The molecule has 2 N–H and O–H groups in total. The number of aliphatic carboxylic acids is 1. The Hall–Kier alpha value is -2.28. The second kappa shape index (κ2) is 6.92. The second-order valence-corrected chi connectivity index (χ2v) is 6.94. The number of nitrogens with zero attached hydrogens (tertiary/aromatic N) is 2. The molecule has 3 rings (SSSR count). The van der Waals surface area contributed by atoms with E-state index in [0.29, 0.717) is 42.3 Å². The smallest absolute Gasteiger partial charge is 0.326 e. The summed E-state index contributed by atoms with van der Waals surface area (Å²) in [5, 5.41) is 12.5. The lowest BCUT2D eigenvalue weighted by Crippen LogP contribution is -2.49. The fraction of sp³-hybridized carbons (Fsp3) is 0.471. The van der Waals surface area contributed by atoms with E-state index in [1.54, 1.807) is 18.2 Å². The maximum Gasteiger partial charge on any atom is 0.326 e. The molecule has 0 spiro atoms. The van der Waals surface area contributed by atoms with Gasteiger partial charge in [0.25, 0.3) is 5.91 Å². The highest BCUT2D eigenvalue weighted by molar-refractivity contribution is 6.34. The van der Waals surface area contributed by atoms with Gasteiger partial charge in [-0.1, -0.05) is 18.5 Å². The number of carbonyl (C=O) groups is 3. The number of halogens is 1. The van der Waals surface area contributed by atoms with Crippen molar-refractivity contribution in [2.45, 2.75) is 25.8 Å². The van der Waals surface area contributed by atoms with Crippen LogP contribution in [0.25, 0.3) is 0 Å². The van der Waals surface area contributed by atoms with E-state index in [1.165, 1.54) is 9.80 Å². The number of carboxylic acids is 1. The maximum atomic E-state index is 12.9. The Morgan fingerprint density at radius 3 is 2.72 bits per heavy atom. The van der Waals surface area contributed by atoms with Crippen molar-refractivity contribution in [3.05, 3.63) is 28.8 Å². The summed E-state index contributed by atoms with van der Waals surface area (Å²) < 4.78 is 0. The normalized spacial score (nSPS) is 23.5. The van der Waals surface area contributed by atoms with Crippen molar-refractivity contribution < 1.29 is 19.5 Å². The summed E-state index contributed by atoms with van der Waals surface area (Å²) in [5.41, 5.74) is 0.791. The molecule has 2 aliphatic rings. The van der Waals surface area contributed by atoms with E-state index in [2.05, 4.69) is 5.32 Å². The SMILES string of the molecule is CC1CCN(C(=O)c2ccc(Cl)c(N3CCNC3=O)c2)C(C(=O)O)C1. The summed E-state index contributed by atoms with van der Waals surface area (Å²) in [4.78, 5) is 39.2. The molecule has 2 heterocycles. The average molecular weight is 366 g/mol. The number of carbonyl (C=O) groups excluding carboxylic acids is 2. The van der Waals surface area contributed by atoms with Crippen molar-refractivity contribution in [2.24, 2.45) is 5.92 Å². The first-order chi connectivity index (χ1) is 11.9. The highest BCUT2D eigenvalue weighted by atomic mass is 35.5. The van der Waals surface area contributed by atoms with Crippen LogP contribution in [-0.2, 0) is 4.79 Å². The van der Waals surface area contributed by atoms with Crippen molar-refractivity contribution in [1.82, 2.24) is 10.2 Å². The Bertz CT molecular complexity index is 724. The lowest BCUT2D eigenvalue weighted by molar-refractivity contribution is -0.144. The van der Waals surface area contributed by atoms with Crippen LogP contribution in [0.2, 0.25) is 5.02 Å². The number of hydrogen-bond acceptors (Lipinski definition) is 3. The van der Waals surface area contributed by atoms with Gasteiger partial charge in [0.2, 0.25) is 0 Å². The third-order valence-corrected chi connectivity index (χ3v) is 5.07. The number of rotatable bonds is 3. The van der Waals surface area contributed by atoms with E-state index >= 15 is 0 Å². The zero-order valence-electron chi connectivity index (χ0n) is 13.9. The van der Waals surface area contributed by atoms with Crippen molar-refractivity contribution in [1.29, 1.82) is 0 Å². The Kier molecular flexibility index (Phi) is 4.85. The number of nitrogens with one attached hydrogen (secondary N) is 1. The molecule has 2 aliphatic heterocycles. The minimum atomic E-state index is -0.993. The highest BCUT2D eigenvalue weighted by Crippen LogP contribution is 2.30. The number of benzene rings is 1. The predicted octanol–water partition coefficient (Wildman–Crippen LogP) is 2.19. The quantitative estimate of drug-likeness (QED) is 0.859. The number of likely N-dealkylation sites (tertiary alicyclic amines) is 1. The van der Waals surface area contributed by atoms with Crippen molar-refractivity contribution in [3.8, 4) is 0 Å². The maximum absolute atomic E-state index is 12.9. The zero-order valence-corrected chi connectivity index (χ0v) is 14.6. The van der Waals surface area contributed by atoms with Gasteiger partial charge in [0, 0.05) is 25.2 Å². The van der Waals surface area contributed by atoms with Gasteiger partial charge in [-0.15, -0.1) is 0 Å². The van der Waals surface area contributed by atoms with Crippen LogP contribution < -0.4 is 10.2 Å². The van der Waals surface area contributed by atoms with Crippen molar-refractivity contribution in [3.63, 3.8) is 0 Å². The van der Waals surface area contributed by atoms with Crippen LogP contribution in [0.5, 0.6) is 0 Å². The third kappa shape index (κ3) is 3.42. The van der Waals surface area contributed by atoms with Crippen molar-refractivity contribution in [2.75, 3.05) is 24.5 Å². The number of anilines is 1. The van der Waals surface area contributed by atoms with Crippen LogP contribution in [0.3, 0.4) is 0 Å². The predicted molar refractivity (Wildman–Crippen MR) is 93.1 cm³/mol. The molecule has 0 aliphatic carbocycles. The van der Waals surface area contributed by atoms with Gasteiger partial charge in [-0.25, -0.2) is 9.59 Å². The first kappa shape index (κ1) is 17.5.